The molecule has 1 aliphatic heterocycles. The number of para-hydroxylation sites is 1. The SMILES string of the molecule is CCCN(Cc1c(C)nn(-c2ccccc2)c1N1CCN(CC)CC1)C(=O)[C@@H](C)Cl. The second-order valence-corrected chi connectivity index (χ2v) is 8.59. The fourth-order valence-corrected chi connectivity index (χ4v) is 4.20. The first-order valence-electron chi connectivity index (χ1n) is 11.0. The summed E-state index contributed by atoms with van der Waals surface area (Å²) in [4.78, 5) is 19.5. The van der Waals surface area contributed by atoms with Gasteiger partial charge in [-0.2, -0.15) is 5.10 Å². The van der Waals surface area contributed by atoms with Gasteiger partial charge in [0.2, 0.25) is 5.91 Å². The summed E-state index contributed by atoms with van der Waals surface area (Å²) in [5.74, 6) is 1.08. The van der Waals surface area contributed by atoms with E-state index in [4.69, 9.17) is 16.7 Å². The number of aryl methyl sites for hydroxylation is 1. The largest absolute Gasteiger partial charge is 0.354 e. The minimum absolute atomic E-state index is 0.0212. The first kappa shape index (κ1) is 22.6. The Balaban J connectivity index is 2.01. The van der Waals surface area contributed by atoms with E-state index in [2.05, 4.69) is 35.8 Å². The van der Waals surface area contributed by atoms with Crippen molar-refractivity contribution in [2.75, 3.05) is 44.2 Å². The lowest BCUT2D eigenvalue weighted by atomic mass is 10.1. The van der Waals surface area contributed by atoms with Crippen LogP contribution in [-0.4, -0.2) is 70.1 Å². The standard InChI is InChI=1S/C23H34ClN5O/c1-5-12-28(23(30)18(3)24)17-21-19(4)25-29(20-10-8-7-9-11-20)22(21)27-15-13-26(6-2)14-16-27/h7-11,18H,5-6,12-17H2,1-4H3/t18-/m1/s1. The van der Waals surface area contributed by atoms with Crippen LogP contribution in [0, 0.1) is 6.92 Å². The number of amides is 1. The van der Waals surface area contributed by atoms with E-state index in [1.807, 2.05) is 34.7 Å². The molecule has 1 amide bonds. The van der Waals surface area contributed by atoms with Gasteiger partial charge in [-0.25, -0.2) is 4.68 Å². The lowest BCUT2D eigenvalue weighted by Gasteiger charge is -2.36. The summed E-state index contributed by atoms with van der Waals surface area (Å²) in [6.07, 6.45) is 0.895. The lowest BCUT2D eigenvalue weighted by Crippen LogP contribution is -2.47. The molecule has 0 saturated carbocycles. The Kier molecular flexibility index (Phi) is 7.78. The molecule has 6 nitrogen and oxygen atoms in total. The number of benzene rings is 1. The van der Waals surface area contributed by atoms with Gasteiger partial charge < -0.3 is 14.7 Å². The molecule has 1 aromatic carbocycles. The molecule has 30 heavy (non-hydrogen) atoms. The third-order valence-corrected chi connectivity index (χ3v) is 5.96. The highest BCUT2D eigenvalue weighted by Crippen LogP contribution is 2.30. The maximum Gasteiger partial charge on any atom is 0.240 e. The molecule has 1 fully saturated rings. The van der Waals surface area contributed by atoms with Crippen LogP contribution in [0.4, 0.5) is 5.82 Å². The topological polar surface area (TPSA) is 44.6 Å². The van der Waals surface area contributed by atoms with Crippen molar-refractivity contribution in [3.63, 3.8) is 0 Å². The van der Waals surface area contributed by atoms with Gasteiger partial charge in [-0.1, -0.05) is 32.0 Å². The Bertz CT molecular complexity index is 828. The molecule has 2 heterocycles. The maximum atomic E-state index is 12.7. The number of carbonyl (C=O) groups excluding carboxylic acids is 1. The predicted molar refractivity (Wildman–Crippen MR) is 124 cm³/mol. The van der Waals surface area contributed by atoms with E-state index in [-0.39, 0.29) is 5.91 Å². The number of hydrogen-bond acceptors (Lipinski definition) is 4. The summed E-state index contributed by atoms with van der Waals surface area (Å²) in [6.45, 7) is 14.3. The van der Waals surface area contributed by atoms with Gasteiger partial charge in [-0.15, -0.1) is 11.6 Å². The summed E-state index contributed by atoms with van der Waals surface area (Å²) in [7, 11) is 0. The van der Waals surface area contributed by atoms with Gasteiger partial charge in [0.25, 0.3) is 0 Å². The van der Waals surface area contributed by atoms with Crippen LogP contribution in [0.2, 0.25) is 0 Å². The number of likely N-dealkylation sites (N-methyl/N-ethyl adjacent to an activating group) is 1. The molecule has 1 aliphatic rings. The fraction of sp³-hybridized carbons (Fsp3) is 0.565. The number of aromatic nitrogens is 2. The Labute approximate surface area is 185 Å². The van der Waals surface area contributed by atoms with E-state index in [1.54, 1.807) is 6.92 Å². The second kappa shape index (κ2) is 10.3. The van der Waals surface area contributed by atoms with Gasteiger partial charge in [0.15, 0.2) is 0 Å². The predicted octanol–water partition coefficient (Wildman–Crippen LogP) is 3.69. The van der Waals surface area contributed by atoms with Crippen LogP contribution >= 0.6 is 11.6 Å². The van der Waals surface area contributed by atoms with Gasteiger partial charge in [-0.05, 0) is 38.9 Å². The van der Waals surface area contributed by atoms with Crippen molar-refractivity contribution in [2.24, 2.45) is 0 Å². The summed E-state index contributed by atoms with van der Waals surface area (Å²) in [5.41, 5.74) is 3.12. The Hall–Kier alpha value is -2.05. The molecule has 1 aromatic heterocycles. The molecule has 3 rings (SSSR count). The average molecular weight is 432 g/mol. The highest BCUT2D eigenvalue weighted by atomic mass is 35.5. The molecule has 0 spiro atoms. The maximum absolute atomic E-state index is 12.7. The number of carbonyl (C=O) groups is 1. The molecule has 7 heteroatoms. The molecule has 1 saturated heterocycles. The molecule has 2 aromatic rings. The number of anilines is 1. The van der Waals surface area contributed by atoms with E-state index < -0.39 is 5.38 Å². The van der Waals surface area contributed by atoms with E-state index in [1.165, 1.54) is 0 Å². The van der Waals surface area contributed by atoms with E-state index >= 15 is 0 Å². The monoisotopic (exact) mass is 431 g/mol. The number of halogens is 1. The van der Waals surface area contributed by atoms with Crippen molar-refractivity contribution in [3.05, 3.63) is 41.6 Å². The molecule has 0 bridgehead atoms. The van der Waals surface area contributed by atoms with Gasteiger partial charge in [-0.3, -0.25) is 4.79 Å². The van der Waals surface area contributed by atoms with Crippen LogP contribution < -0.4 is 4.90 Å². The van der Waals surface area contributed by atoms with Gasteiger partial charge in [0.1, 0.15) is 11.2 Å². The Morgan fingerprint density at radius 1 is 1.17 bits per heavy atom. The quantitative estimate of drug-likeness (QED) is 0.598. The number of alkyl halides is 1. The average Bonchev–Trinajstić information content (AvgIpc) is 3.09. The molecule has 0 unspecified atom stereocenters. The zero-order valence-corrected chi connectivity index (χ0v) is 19.4. The highest BCUT2D eigenvalue weighted by molar-refractivity contribution is 6.30. The smallest absolute Gasteiger partial charge is 0.240 e. The van der Waals surface area contributed by atoms with E-state index in [0.29, 0.717) is 13.1 Å². The van der Waals surface area contributed by atoms with Crippen molar-refractivity contribution in [1.82, 2.24) is 19.6 Å². The molecule has 0 aliphatic carbocycles. The van der Waals surface area contributed by atoms with Gasteiger partial charge in [0.05, 0.1) is 17.9 Å². The summed E-state index contributed by atoms with van der Waals surface area (Å²) < 4.78 is 2.05. The van der Waals surface area contributed by atoms with Crippen LogP contribution in [0.5, 0.6) is 0 Å². The van der Waals surface area contributed by atoms with Crippen LogP contribution in [0.3, 0.4) is 0 Å². The minimum Gasteiger partial charge on any atom is -0.354 e. The first-order valence-corrected chi connectivity index (χ1v) is 11.4. The van der Waals surface area contributed by atoms with Crippen LogP contribution in [0.25, 0.3) is 5.69 Å². The number of nitrogens with zero attached hydrogens (tertiary/aromatic N) is 5. The molecule has 0 radical (unpaired) electrons. The molecular weight excluding hydrogens is 398 g/mol. The summed E-state index contributed by atoms with van der Waals surface area (Å²) >= 11 is 6.16. The van der Waals surface area contributed by atoms with Crippen LogP contribution in [0.1, 0.15) is 38.4 Å². The van der Waals surface area contributed by atoms with Gasteiger partial charge in [0, 0.05) is 38.3 Å². The molecular formula is C23H34ClN5O. The fourth-order valence-electron chi connectivity index (χ4n) is 4.06. The highest BCUT2D eigenvalue weighted by Gasteiger charge is 2.28. The van der Waals surface area contributed by atoms with Crippen molar-refractivity contribution in [2.45, 2.75) is 46.0 Å². The third-order valence-electron chi connectivity index (χ3n) is 5.77. The van der Waals surface area contributed by atoms with Crippen molar-refractivity contribution in [3.8, 4) is 5.69 Å². The second-order valence-electron chi connectivity index (χ2n) is 7.93. The molecule has 164 valence electrons. The van der Waals surface area contributed by atoms with Crippen molar-refractivity contribution >= 4 is 23.3 Å². The van der Waals surface area contributed by atoms with E-state index in [0.717, 1.165) is 61.9 Å². The zero-order chi connectivity index (χ0) is 21.7. The Morgan fingerprint density at radius 3 is 2.40 bits per heavy atom. The van der Waals surface area contributed by atoms with Gasteiger partial charge >= 0.3 is 0 Å². The van der Waals surface area contributed by atoms with Crippen molar-refractivity contribution in [1.29, 1.82) is 0 Å². The molecule has 0 N–H and O–H groups in total. The third kappa shape index (κ3) is 4.98. The summed E-state index contributed by atoms with van der Waals surface area (Å²) in [6, 6.07) is 10.2. The number of rotatable bonds is 8. The van der Waals surface area contributed by atoms with Crippen molar-refractivity contribution < 1.29 is 4.79 Å². The van der Waals surface area contributed by atoms with Crippen LogP contribution in [-0.2, 0) is 11.3 Å². The normalized spacial score (nSPS) is 16.0. The first-order chi connectivity index (χ1) is 14.5. The van der Waals surface area contributed by atoms with E-state index in [9.17, 15) is 4.79 Å². The Morgan fingerprint density at radius 2 is 1.83 bits per heavy atom. The zero-order valence-electron chi connectivity index (χ0n) is 18.6. The van der Waals surface area contributed by atoms with Crippen LogP contribution in [0.15, 0.2) is 30.3 Å². The minimum atomic E-state index is -0.530. The lowest BCUT2D eigenvalue weighted by molar-refractivity contribution is -0.131. The summed E-state index contributed by atoms with van der Waals surface area (Å²) in [5, 5.41) is 4.37. The molecule has 1 atom stereocenters. The number of piperazine rings is 1. The number of hydrogen-bond donors (Lipinski definition) is 0.